The molecule has 0 amide bonds. The zero-order valence-electron chi connectivity index (χ0n) is 18.3. The van der Waals surface area contributed by atoms with Gasteiger partial charge in [0.05, 0.1) is 5.52 Å². The van der Waals surface area contributed by atoms with Gasteiger partial charge in [0.15, 0.2) is 17.1 Å². The van der Waals surface area contributed by atoms with E-state index in [1.165, 1.54) is 18.9 Å². The van der Waals surface area contributed by atoms with Crippen molar-refractivity contribution in [3.05, 3.63) is 53.1 Å². The number of hydrogen-bond donors (Lipinski definition) is 2. The van der Waals surface area contributed by atoms with Crippen LogP contribution in [0.15, 0.2) is 30.3 Å². The van der Waals surface area contributed by atoms with Gasteiger partial charge in [0.25, 0.3) is 0 Å². The van der Waals surface area contributed by atoms with E-state index in [4.69, 9.17) is 20.2 Å². The van der Waals surface area contributed by atoms with E-state index in [0.29, 0.717) is 29.2 Å². The number of halogens is 1. The number of aromatic nitrogens is 4. The third-order valence-electron chi connectivity index (χ3n) is 6.20. The number of rotatable bonds is 5. The second-order valence-corrected chi connectivity index (χ2v) is 8.36. The van der Waals surface area contributed by atoms with Crippen molar-refractivity contribution in [1.82, 2.24) is 30.6 Å². The van der Waals surface area contributed by atoms with Gasteiger partial charge in [-0.2, -0.15) is 9.50 Å². The molecule has 2 aliphatic heterocycles. The third kappa shape index (κ3) is 3.91. The SMILES string of the molecule is N.Nc1nc2c3c(CCN4CCCC4)cc(F)cc3nc(Cc3ccc4c(c3)OCO4)n2n1. The van der Waals surface area contributed by atoms with Gasteiger partial charge in [-0.1, -0.05) is 6.07 Å². The molecule has 6 rings (SSSR count). The molecule has 0 aliphatic carbocycles. The number of anilines is 1. The van der Waals surface area contributed by atoms with Crippen LogP contribution in [0, 0.1) is 5.82 Å². The van der Waals surface area contributed by atoms with Crippen LogP contribution < -0.4 is 21.4 Å². The molecule has 0 atom stereocenters. The Hall–Kier alpha value is -3.50. The quantitative estimate of drug-likeness (QED) is 0.474. The highest BCUT2D eigenvalue weighted by atomic mass is 19.1. The first kappa shape index (κ1) is 21.4. The third-order valence-corrected chi connectivity index (χ3v) is 6.20. The van der Waals surface area contributed by atoms with Crippen molar-refractivity contribution in [2.45, 2.75) is 25.7 Å². The number of nitrogens with two attached hydrogens (primary N) is 1. The average molecular weight is 452 g/mol. The standard InChI is InChI=1S/C23H23FN6O2.H3N/c24-16-11-15(5-8-29-6-1-2-7-29)21-17(12-16)26-20(30-22(21)27-23(25)28-30)10-14-3-4-18-19(9-14)32-13-31-18;/h3-4,9,11-12H,1-2,5-8,10,13H2,(H2,25,28);1H3. The molecule has 0 radical (unpaired) electrons. The van der Waals surface area contributed by atoms with Gasteiger partial charge >= 0.3 is 0 Å². The van der Waals surface area contributed by atoms with Crippen molar-refractivity contribution in [2.75, 3.05) is 32.2 Å². The van der Waals surface area contributed by atoms with E-state index in [1.807, 2.05) is 18.2 Å². The van der Waals surface area contributed by atoms with Crippen LogP contribution >= 0.6 is 0 Å². The summed E-state index contributed by atoms with van der Waals surface area (Å²) in [6.07, 6.45) is 3.63. The molecular weight excluding hydrogens is 425 g/mol. The van der Waals surface area contributed by atoms with Crippen LogP contribution in [-0.4, -0.2) is 50.9 Å². The maximum absolute atomic E-state index is 14.6. The van der Waals surface area contributed by atoms with E-state index in [1.54, 1.807) is 10.6 Å². The van der Waals surface area contributed by atoms with Crippen LogP contribution in [0.25, 0.3) is 16.6 Å². The molecule has 2 aromatic carbocycles. The number of fused-ring (bicyclic) bond motifs is 4. The van der Waals surface area contributed by atoms with Crippen molar-refractivity contribution in [3.8, 4) is 11.5 Å². The molecule has 33 heavy (non-hydrogen) atoms. The number of benzene rings is 2. The Morgan fingerprint density at radius 2 is 1.85 bits per heavy atom. The van der Waals surface area contributed by atoms with Crippen LogP contribution in [0.2, 0.25) is 0 Å². The number of nitrogens with zero attached hydrogens (tertiary/aromatic N) is 5. The minimum absolute atomic E-state index is 0. The van der Waals surface area contributed by atoms with Crippen LogP contribution in [0.4, 0.5) is 10.3 Å². The first-order valence-corrected chi connectivity index (χ1v) is 10.9. The lowest BCUT2D eigenvalue weighted by atomic mass is 10.0. The Bertz CT molecular complexity index is 1330. The van der Waals surface area contributed by atoms with Gasteiger partial charge in [-0.05, 0) is 61.7 Å². The number of nitrogen functional groups attached to an aromatic ring is 1. The van der Waals surface area contributed by atoms with E-state index < -0.39 is 0 Å². The molecule has 0 saturated carbocycles. The summed E-state index contributed by atoms with van der Waals surface area (Å²) in [5.74, 6) is 1.92. The summed E-state index contributed by atoms with van der Waals surface area (Å²) in [5.41, 5.74) is 9.01. The van der Waals surface area contributed by atoms with Crippen molar-refractivity contribution in [2.24, 2.45) is 0 Å². The number of hydrogen-bond acceptors (Lipinski definition) is 8. The minimum Gasteiger partial charge on any atom is -0.454 e. The highest BCUT2D eigenvalue weighted by molar-refractivity contribution is 5.94. The molecule has 5 N–H and O–H groups in total. The maximum atomic E-state index is 14.6. The van der Waals surface area contributed by atoms with Gasteiger partial charge in [-0.15, -0.1) is 5.10 Å². The second kappa shape index (κ2) is 8.45. The molecule has 1 saturated heterocycles. The van der Waals surface area contributed by atoms with Crippen LogP contribution in [-0.2, 0) is 12.8 Å². The Morgan fingerprint density at radius 1 is 1.03 bits per heavy atom. The first-order valence-electron chi connectivity index (χ1n) is 10.9. The molecule has 2 aliphatic rings. The number of ether oxygens (including phenoxy) is 2. The fraction of sp³-hybridized carbons (Fsp3) is 0.348. The lowest BCUT2D eigenvalue weighted by molar-refractivity contribution is 0.174. The Morgan fingerprint density at radius 3 is 2.70 bits per heavy atom. The summed E-state index contributed by atoms with van der Waals surface area (Å²) >= 11 is 0. The highest BCUT2D eigenvalue weighted by Gasteiger charge is 2.20. The topological polar surface area (TPSA) is 126 Å². The Kier molecular flexibility index (Phi) is 5.47. The van der Waals surface area contributed by atoms with Crippen LogP contribution in [0.1, 0.15) is 29.8 Å². The smallest absolute Gasteiger partial charge is 0.240 e. The van der Waals surface area contributed by atoms with E-state index in [9.17, 15) is 4.39 Å². The summed E-state index contributed by atoms with van der Waals surface area (Å²) in [6.45, 7) is 3.29. The lowest BCUT2D eigenvalue weighted by Crippen LogP contribution is -2.22. The molecule has 0 unspecified atom stereocenters. The zero-order chi connectivity index (χ0) is 21.7. The maximum Gasteiger partial charge on any atom is 0.240 e. The van der Waals surface area contributed by atoms with Crippen LogP contribution in [0.3, 0.4) is 0 Å². The Labute approximate surface area is 189 Å². The fourth-order valence-corrected chi connectivity index (χ4v) is 4.68. The highest BCUT2D eigenvalue weighted by Crippen LogP contribution is 2.33. The van der Waals surface area contributed by atoms with Crippen molar-refractivity contribution < 1.29 is 13.9 Å². The van der Waals surface area contributed by atoms with Gasteiger partial charge in [0.2, 0.25) is 12.7 Å². The monoisotopic (exact) mass is 451 g/mol. The molecule has 0 spiro atoms. The molecule has 4 aromatic rings. The van der Waals surface area contributed by atoms with Gasteiger partial charge in [-0.25, -0.2) is 9.37 Å². The molecule has 0 bridgehead atoms. The van der Waals surface area contributed by atoms with Crippen molar-refractivity contribution in [3.63, 3.8) is 0 Å². The normalized spacial score (nSPS) is 15.4. The van der Waals surface area contributed by atoms with E-state index in [-0.39, 0.29) is 24.7 Å². The molecule has 1 fully saturated rings. The van der Waals surface area contributed by atoms with Crippen molar-refractivity contribution >= 4 is 22.5 Å². The van der Waals surface area contributed by atoms with Gasteiger partial charge in [-0.3, -0.25) is 0 Å². The average Bonchev–Trinajstić information content (AvgIpc) is 3.52. The van der Waals surface area contributed by atoms with E-state index in [2.05, 4.69) is 15.0 Å². The van der Waals surface area contributed by atoms with Gasteiger partial charge in [0.1, 0.15) is 11.6 Å². The molecular formula is C23H26FN7O2. The summed E-state index contributed by atoms with van der Waals surface area (Å²) in [5, 5.41) is 5.20. The molecule has 9 nitrogen and oxygen atoms in total. The summed E-state index contributed by atoms with van der Waals surface area (Å²) in [6, 6.07) is 8.80. The van der Waals surface area contributed by atoms with Gasteiger partial charge in [0, 0.05) is 24.4 Å². The van der Waals surface area contributed by atoms with E-state index >= 15 is 0 Å². The van der Waals surface area contributed by atoms with Gasteiger partial charge < -0.3 is 26.3 Å². The predicted octanol–water partition coefficient (Wildman–Crippen LogP) is 3.12. The lowest BCUT2D eigenvalue weighted by Gasteiger charge is -2.16. The van der Waals surface area contributed by atoms with Crippen LogP contribution in [0.5, 0.6) is 11.5 Å². The van der Waals surface area contributed by atoms with E-state index in [0.717, 1.165) is 48.3 Å². The summed E-state index contributed by atoms with van der Waals surface area (Å²) in [4.78, 5) is 11.7. The molecule has 4 heterocycles. The Balaban J connectivity index is 0.00000228. The second-order valence-electron chi connectivity index (χ2n) is 8.36. The largest absolute Gasteiger partial charge is 0.454 e. The first-order chi connectivity index (χ1) is 15.6. The summed E-state index contributed by atoms with van der Waals surface area (Å²) in [7, 11) is 0. The number of likely N-dealkylation sites (tertiary alicyclic amines) is 1. The summed E-state index contributed by atoms with van der Waals surface area (Å²) < 4.78 is 27.1. The van der Waals surface area contributed by atoms with Crippen molar-refractivity contribution in [1.29, 1.82) is 0 Å². The molecule has 2 aromatic heterocycles. The minimum atomic E-state index is -0.299. The predicted molar refractivity (Wildman–Crippen MR) is 122 cm³/mol. The fourth-order valence-electron chi connectivity index (χ4n) is 4.68. The molecule has 172 valence electrons. The molecule has 10 heteroatoms. The zero-order valence-corrected chi connectivity index (χ0v) is 18.3.